The van der Waals surface area contributed by atoms with Gasteiger partial charge < -0.3 is 19.4 Å². The second-order valence-electron chi connectivity index (χ2n) is 6.45. The molecule has 0 radical (unpaired) electrons. The van der Waals surface area contributed by atoms with Gasteiger partial charge in [0.15, 0.2) is 6.61 Å². The van der Waals surface area contributed by atoms with Crippen molar-refractivity contribution < 1.29 is 32.2 Å². The average Bonchev–Trinajstić information content (AvgIpc) is 2.73. The molecule has 0 aliphatic heterocycles. The Morgan fingerprint density at radius 1 is 1.03 bits per heavy atom. The van der Waals surface area contributed by atoms with E-state index in [0.29, 0.717) is 11.1 Å². The summed E-state index contributed by atoms with van der Waals surface area (Å²) in [6.07, 6.45) is -3.08. The minimum absolute atomic E-state index is 0.172. The molecule has 1 heterocycles. The highest BCUT2D eigenvalue weighted by atomic mass is 19.4. The average molecular weight is 434 g/mol. The minimum Gasteiger partial charge on any atom is -0.481 e. The maximum atomic E-state index is 12.7. The number of pyridine rings is 1. The zero-order chi connectivity index (χ0) is 22.6. The van der Waals surface area contributed by atoms with Crippen LogP contribution in [0.2, 0.25) is 0 Å². The fourth-order valence-electron chi connectivity index (χ4n) is 2.83. The Morgan fingerprint density at radius 2 is 1.74 bits per heavy atom. The van der Waals surface area contributed by atoms with Crippen LogP contribution in [0.5, 0.6) is 5.75 Å². The van der Waals surface area contributed by atoms with Crippen molar-refractivity contribution in [1.29, 1.82) is 0 Å². The van der Waals surface area contributed by atoms with Gasteiger partial charge in [-0.2, -0.15) is 13.2 Å². The molecule has 0 bridgehead atoms. The van der Waals surface area contributed by atoms with E-state index in [-0.39, 0.29) is 24.2 Å². The molecule has 7 nitrogen and oxygen atoms in total. The quantitative estimate of drug-likeness (QED) is 0.602. The smallest absolute Gasteiger partial charge is 0.416 e. The summed E-state index contributed by atoms with van der Waals surface area (Å²) in [7, 11) is 1.23. The van der Waals surface area contributed by atoms with Crippen molar-refractivity contribution in [3.05, 3.63) is 70.6 Å². The van der Waals surface area contributed by atoms with Crippen LogP contribution in [-0.2, 0) is 27.0 Å². The number of aromatic nitrogens is 1. The van der Waals surface area contributed by atoms with Crippen LogP contribution in [0.15, 0.2) is 59.5 Å². The number of hydrogen-bond donors (Lipinski definition) is 1. The molecule has 3 aromatic rings. The molecule has 0 aliphatic rings. The van der Waals surface area contributed by atoms with Crippen molar-refractivity contribution in [1.82, 2.24) is 4.57 Å². The number of halogens is 3. The SMILES string of the molecule is COC(=O)COc1cccc2c(=O)n(CC(=O)Nc3ccc(C(F)(F)F)cc3)ccc12. The van der Waals surface area contributed by atoms with Crippen LogP contribution in [0.4, 0.5) is 18.9 Å². The molecule has 3 rings (SSSR count). The third kappa shape index (κ3) is 5.21. The number of carbonyl (C=O) groups excluding carboxylic acids is 2. The van der Waals surface area contributed by atoms with Crippen molar-refractivity contribution >= 4 is 28.3 Å². The number of fused-ring (bicyclic) bond motifs is 1. The molecule has 2 aromatic carbocycles. The normalized spacial score (nSPS) is 11.2. The fraction of sp³-hybridized carbons (Fsp3) is 0.190. The van der Waals surface area contributed by atoms with Gasteiger partial charge >= 0.3 is 12.1 Å². The summed E-state index contributed by atoms with van der Waals surface area (Å²) in [6.45, 7) is -0.669. The number of esters is 1. The molecule has 10 heteroatoms. The molecule has 0 atom stereocenters. The third-order valence-electron chi connectivity index (χ3n) is 4.36. The first kappa shape index (κ1) is 21.9. The highest BCUT2D eigenvalue weighted by molar-refractivity contribution is 5.91. The molecular weight excluding hydrogens is 417 g/mol. The van der Waals surface area contributed by atoms with Crippen molar-refractivity contribution in [3.8, 4) is 5.75 Å². The molecule has 162 valence electrons. The van der Waals surface area contributed by atoms with Gasteiger partial charge in [0.2, 0.25) is 5.91 Å². The Balaban J connectivity index is 1.76. The van der Waals surface area contributed by atoms with Gasteiger partial charge in [0.25, 0.3) is 5.56 Å². The second-order valence-corrected chi connectivity index (χ2v) is 6.45. The molecule has 0 saturated carbocycles. The molecule has 1 amide bonds. The monoisotopic (exact) mass is 434 g/mol. The number of nitrogens with one attached hydrogen (secondary N) is 1. The highest BCUT2D eigenvalue weighted by Gasteiger charge is 2.30. The van der Waals surface area contributed by atoms with Crippen molar-refractivity contribution in [2.24, 2.45) is 0 Å². The number of hydrogen-bond acceptors (Lipinski definition) is 5. The number of amides is 1. The van der Waals surface area contributed by atoms with Crippen LogP contribution in [0.25, 0.3) is 10.8 Å². The summed E-state index contributed by atoms with van der Waals surface area (Å²) >= 11 is 0. The van der Waals surface area contributed by atoms with E-state index in [2.05, 4.69) is 10.1 Å². The molecule has 0 saturated heterocycles. The molecule has 0 fully saturated rings. The first-order chi connectivity index (χ1) is 14.7. The number of methoxy groups -OCH3 is 1. The van der Waals surface area contributed by atoms with Crippen molar-refractivity contribution in [3.63, 3.8) is 0 Å². The standard InChI is InChI=1S/C21H17F3N2O5/c1-30-19(28)12-31-17-4-2-3-16-15(17)9-10-26(20(16)29)11-18(27)25-14-7-5-13(6-8-14)21(22,23)24/h2-10H,11-12H2,1H3,(H,25,27). The number of nitrogens with zero attached hydrogens (tertiary/aromatic N) is 1. The van der Waals surface area contributed by atoms with Crippen molar-refractivity contribution in [2.45, 2.75) is 12.7 Å². The Labute approximate surface area is 174 Å². The summed E-state index contributed by atoms with van der Waals surface area (Å²) in [5.74, 6) is -0.856. The molecular formula is C21H17F3N2O5. The topological polar surface area (TPSA) is 86.6 Å². The maximum Gasteiger partial charge on any atom is 0.416 e. The molecule has 1 N–H and O–H groups in total. The van der Waals surface area contributed by atoms with E-state index < -0.39 is 29.2 Å². The highest BCUT2D eigenvalue weighted by Crippen LogP contribution is 2.29. The van der Waals surface area contributed by atoms with Gasteiger partial charge in [0.1, 0.15) is 12.3 Å². The lowest BCUT2D eigenvalue weighted by Gasteiger charge is -2.12. The van der Waals surface area contributed by atoms with Gasteiger partial charge in [-0.15, -0.1) is 0 Å². The zero-order valence-corrected chi connectivity index (χ0v) is 16.2. The van der Waals surface area contributed by atoms with Crippen LogP contribution >= 0.6 is 0 Å². The van der Waals surface area contributed by atoms with E-state index in [1.807, 2.05) is 0 Å². The lowest BCUT2D eigenvalue weighted by molar-refractivity contribution is -0.143. The summed E-state index contributed by atoms with van der Waals surface area (Å²) in [5.41, 5.74) is -1.13. The number of rotatable bonds is 6. The molecule has 1 aromatic heterocycles. The van der Waals surface area contributed by atoms with Crippen molar-refractivity contribution in [2.75, 3.05) is 19.0 Å². The lowest BCUT2D eigenvalue weighted by atomic mass is 10.1. The first-order valence-electron chi connectivity index (χ1n) is 8.98. The van der Waals surface area contributed by atoms with Gasteiger partial charge in [0, 0.05) is 17.3 Å². The first-order valence-corrected chi connectivity index (χ1v) is 8.98. The van der Waals surface area contributed by atoms with E-state index in [1.165, 1.54) is 13.3 Å². The van der Waals surface area contributed by atoms with Gasteiger partial charge in [-0.05, 0) is 42.5 Å². The van der Waals surface area contributed by atoms with E-state index in [4.69, 9.17) is 4.74 Å². The van der Waals surface area contributed by atoms with Gasteiger partial charge in [-0.25, -0.2) is 4.79 Å². The largest absolute Gasteiger partial charge is 0.481 e. The molecule has 0 aliphatic carbocycles. The summed E-state index contributed by atoms with van der Waals surface area (Å²) in [4.78, 5) is 36.3. The number of ether oxygens (including phenoxy) is 2. The van der Waals surface area contributed by atoms with Crippen LogP contribution in [0.1, 0.15) is 5.56 Å². The summed E-state index contributed by atoms with van der Waals surface area (Å²) < 4.78 is 48.9. The number of carbonyl (C=O) groups is 2. The van der Waals surface area contributed by atoms with Crippen LogP contribution < -0.4 is 15.6 Å². The van der Waals surface area contributed by atoms with E-state index in [1.54, 1.807) is 24.3 Å². The zero-order valence-electron chi connectivity index (χ0n) is 16.2. The Kier molecular flexibility index (Phi) is 6.28. The summed E-state index contributed by atoms with van der Waals surface area (Å²) in [6, 6.07) is 10.3. The molecule has 31 heavy (non-hydrogen) atoms. The molecule has 0 spiro atoms. The predicted molar refractivity (Wildman–Crippen MR) is 106 cm³/mol. The lowest BCUT2D eigenvalue weighted by Crippen LogP contribution is -2.27. The van der Waals surface area contributed by atoms with Gasteiger partial charge in [-0.1, -0.05) is 6.07 Å². The van der Waals surface area contributed by atoms with Crippen LogP contribution in [-0.4, -0.2) is 30.2 Å². The number of anilines is 1. The minimum atomic E-state index is -4.47. The van der Waals surface area contributed by atoms with Crippen LogP contribution in [0.3, 0.4) is 0 Å². The van der Waals surface area contributed by atoms with Crippen LogP contribution in [0, 0.1) is 0 Å². The maximum absolute atomic E-state index is 12.7. The Bertz CT molecular complexity index is 1170. The third-order valence-corrected chi connectivity index (χ3v) is 4.36. The van der Waals surface area contributed by atoms with Gasteiger partial charge in [-0.3, -0.25) is 9.59 Å². The fourth-order valence-corrected chi connectivity index (χ4v) is 2.83. The van der Waals surface area contributed by atoms with E-state index in [9.17, 15) is 27.6 Å². The van der Waals surface area contributed by atoms with E-state index >= 15 is 0 Å². The Morgan fingerprint density at radius 3 is 2.39 bits per heavy atom. The van der Waals surface area contributed by atoms with E-state index in [0.717, 1.165) is 28.8 Å². The Hall–Kier alpha value is -3.82. The molecule has 0 unspecified atom stereocenters. The summed E-state index contributed by atoms with van der Waals surface area (Å²) in [5, 5.41) is 3.18. The second kappa shape index (κ2) is 8.90. The van der Waals surface area contributed by atoms with Gasteiger partial charge in [0.05, 0.1) is 18.1 Å². The predicted octanol–water partition coefficient (Wildman–Crippen LogP) is 3.21. The number of benzene rings is 2. The number of alkyl halides is 3.